The van der Waals surface area contributed by atoms with E-state index in [1.807, 2.05) is 42.5 Å². The van der Waals surface area contributed by atoms with Crippen LogP contribution in [0.15, 0.2) is 59.8 Å². The summed E-state index contributed by atoms with van der Waals surface area (Å²) in [5.74, 6) is 5.73. The SMILES string of the molecule is NOOSc1cccc(Nc2nc(Nc3ccc4cn[nH]c4c3)ncc2N)c1. The highest BCUT2D eigenvalue weighted by molar-refractivity contribution is 7.94. The highest BCUT2D eigenvalue weighted by Crippen LogP contribution is 2.27. The average molecular weight is 396 g/mol. The Labute approximate surface area is 163 Å². The summed E-state index contributed by atoms with van der Waals surface area (Å²) in [7, 11) is 0. The van der Waals surface area contributed by atoms with Crippen LogP contribution >= 0.6 is 12.0 Å². The van der Waals surface area contributed by atoms with Crippen LogP contribution < -0.4 is 22.3 Å². The molecule has 2 aromatic carbocycles. The number of aromatic nitrogens is 4. The highest BCUT2D eigenvalue weighted by atomic mass is 32.2. The maximum atomic E-state index is 6.01. The van der Waals surface area contributed by atoms with E-state index in [-0.39, 0.29) is 0 Å². The first-order valence-electron chi connectivity index (χ1n) is 8.11. The molecule has 0 radical (unpaired) electrons. The molecule has 4 aromatic rings. The molecular formula is C17H16N8O2S. The Morgan fingerprint density at radius 2 is 1.93 bits per heavy atom. The summed E-state index contributed by atoms with van der Waals surface area (Å²) in [5.41, 5.74) is 8.93. The molecule has 0 saturated carbocycles. The molecular weight excluding hydrogens is 380 g/mol. The third-order valence-corrected chi connectivity index (χ3v) is 4.37. The van der Waals surface area contributed by atoms with Crippen LogP contribution in [0.1, 0.15) is 0 Å². The number of hydrogen-bond donors (Lipinski definition) is 5. The van der Waals surface area contributed by atoms with Gasteiger partial charge in [0.1, 0.15) is 0 Å². The summed E-state index contributed by atoms with van der Waals surface area (Å²) >= 11 is 0.984. The normalized spacial score (nSPS) is 10.9. The summed E-state index contributed by atoms with van der Waals surface area (Å²) < 4.78 is 4.66. The molecule has 28 heavy (non-hydrogen) atoms. The van der Waals surface area contributed by atoms with E-state index < -0.39 is 0 Å². The quantitative estimate of drug-likeness (QED) is 0.179. The monoisotopic (exact) mass is 396 g/mol. The number of anilines is 5. The van der Waals surface area contributed by atoms with Gasteiger partial charge in [0.05, 0.1) is 35.6 Å². The lowest BCUT2D eigenvalue weighted by atomic mass is 10.2. The van der Waals surface area contributed by atoms with Crippen molar-refractivity contribution >= 4 is 51.8 Å². The number of nitrogens with one attached hydrogen (secondary N) is 3. The fourth-order valence-corrected chi connectivity index (χ4v) is 2.94. The molecule has 10 nitrogen and oxygen atoms in total. The van der Waals surface area contributed by atoms with Crippen molar-refractivity contribution < 1.29 is 9.32 Å². The number of nitrogen functional groups attached to an aromatic ring is 1. The van der Waals surface area contributed by atoms with Crippen molar-refractivity contribution in [3.05, 3.63) is 54.9 Å². The van der Waals surface area contributed by atoms with Crippen LogP contribution in [-0.2, 0) is 9.32 Å². The molecule has 0 saturated heterocycles. The van der Waals surface area contributed by atoms with E-state index in [0.717, 1.165) is 39.2 Å². The number of fused-ring (bicyclic) bond motifs is 1. The third kappa shape index (κ3) is 4.13. The highest BCUT2D eigenvalue weighted by Gasteiger charge is 2.07. The Hall–Kier alpha value is -3.38. The van der Waals surface area contributed by atoms with Crippen molar-refractivity contribution in [1.29, 1.82) is 0 Å². The molecule has 2 heterocycles. The lowest BCUT2D eigenvalue weighted by Gasteiger charge is -2.11. The minimum Gasteiger partial charge on any atom is -0.394 e. The predicted octanol–water partition coefficient (Wildman–Crippen LogP) is 3.25. The van der Waals surface area contributed by atoms with Gasteiger partial charge in [-0.15, -0.1) is 9.32 Å². The summed E-state index contributed by atoms with van der Waals surface area (Å²) in [6, 6.07) is 13.2. The topological polar surface area (TPSA) is 149 Å². The van der Waals surface area contributed by atoms with E-state index >= 15 is 0 Å². The molecule has 11 heteroatoms. The van der Waals surface area contributed by atoms with Crippen LogP contribution in [0.25, 0.3) is 10.9 Å². The van der Waals surface area contributed by atoms with Crippen molar-refractivity contribution in [2.45, 2.75) is 4.90 Å². The zero-order valence-corrected chi connectivity index (χ0v) is 15.2. The molecule has 0 unspecified atom stereocenters. The molecule has 0 bridgehead atoms. The number of H-pyrrole nitrogens is 1. The Kier molecular flexibility index (Phi) is 5.21. The van der Waals surface area contributed by atoms with Gasteiger partial charge in [0.25, 0.3) is 0 Å². The molecule has 0 atom stereocenters. The number of aromatic amines is 1. The molecule has 4 rings (SSSR count). The van der Waals surface area contributed by atoms with Gasteiger partial charge in [-0.05, 0) is 36.4 Å². The van der Waals surface area contributed by atoms with Gasteiger partial charge in [-0.25, -0.2) is 4.98 Å². The van der Waals surface area contributed by atoms with Crippen LogP contribution in [0.4, 0.5) is 28.8 Å². The maximum Gasteiger partial charge on any atom is 0.229 e. The number of hydrogen-bond acceptors (Lipinski definition) is 10. The van der Waals surface area contributed by atoms with Gasteiger partial charge in [-0.2, -0.15) is 16.0 Å². The van der Waals surface area contributed by atoms with E-state index in [4.69, 9.17) is 11.6 Å². The summed E-state index contributed by atoms with van der Waals surface area (Å²) in [6.07, 6.45) is 3.30. The molecule has 0 aliphatic heterocycles. The molecule has 142 valence electrons. The largest absolute Gasteiger partial charge is 0.394 e. The molecule has 0 amide bonds. The molecule has 0 fully saturated rings. The lowest BCUT2D eigenvalue weighted by Crippen LogP contribution is -2.04. The van der Waals surface area contributed by atoms with Crippen LogP contribution in [0.2, 0.25) is 0 Å². The van der Waals surface area contributed by atoms with Crippen molar-refractivity contribution in [3.8, 4) is 0 Å². The zero-order chi connectivity index (χ0) is 19.3. The number of nitrogens with two attached hydrogens (primary N) is 2. The fourth-order valence-electron chi connectivity index (χ4n) is 2.52. The van der Waals surface area contributed by atoms with Gasteiger partial charge in [-0.3, -0.25) is 5.10 Å². The van der Waals surface area contributed by atoms with Gasteiger partial charge in [-0.1, -0.05) is 6.07 Å². The van der Waals surface area contributed by atoms with E-state index in [1.54, 1.807) is 6.20 Å². The van der Waals surface area contributed by atoms with E-state index in [1.165, 1.54) is 6.20 Å². The predicted molar refractivity (Wildman–Crippen MR) is 108 cm³/mol. The Balaban J connectivity index is 1.53. The van der Waals surface area contributed by atoms with Gasteiger partial charge in [0, 0.05) is 21.7 Å². The first kappa shape index (κ1) is 18.0. The van der Waals surface area contributed by atoms with Crippen LogP contribution in [0.3, 0.4) is 0 Å². The third-order valence-electron chi connectivity index (χ3n) is 3.78. The first-order valence-corrected chi connectivity index (χ1v) is 8.85. The van der Waals surface area contributed by atoms with Crippen molar-refractivity contribution in [3.63, 3.8) is 0 Å². The molecule has 2 aromatic heterocycles. The second-order valence-electron chi connectivity index (χ2n) is 5.70. The molecule has 0 aliphatic rings. The number of rotatable bonds is 7. The minimum absolute atomic E-state index is 0.404. The zero-order valence-electron chi connectivity index (χ0n) is 14.4. The van der Waals surface area contributed by atoms with Gasteiger partial charge < -0.3 is 16.4 Å². The summed E-state index contributed by atoms with van der Waals surface area (Å²) in [4.78, 5) is 13.6. The second kappa shape index (κ2) is 8.10. The van der Waals surface area contributed by atoms with Gasteiger partial charge >= 0.3 is 0 Å². The molecule has 7 N–H and O–H groups in total. The van der Waals surface area contributed by atoms with Crippen LogP contribution in [-0.4, -0.2) is 20.2 Å². The van der Waals surface area contributed by atoms with Crippen molar-refractivity contribution in [2.75, 3.05) is 16.4 Å². The van der Waals surface area contributed by atoms with E-state index in [2.05, 4.69) is 40.1 Å². The van der Waals surface area contributed by atoms with Crippen LogP contribution in [0.5, 0.6) is 0 Å². The standard InChI is InChI=1S/C17H16N8O2S/c18-14-9-20-17(23-12-5-4-10-8-21-25-15(10)7-12)24-16(14)22-11-2-1-3-13(6-11)28-27-26-19/h1-9H,18-19H2,(H,21,25)(H2,20,22,23,24). The van der Waals surface area contributed by atoms with Crippen molar-refractivity contribution in [1.82, 2.24) is 20.2 Å². The van der Waals surface area contributed by atoms with Gasteiger partial charge in [0.15, 0.2) is 5.82 Å². The summed E-state index contributed by atoms with van der Waals surface area (Å²) in [5, 5.41) is 14.3. The molecule has 0 spiro atoms. The molecule has 0 aliphatic carbocycles. The Morgan fingerprint density at radius 3 is 2.82 bits per heavy atom. The summed E-state index contributed by atoms with van der Waals surface area (Å²) in [6.45, 7) is 0. The second-order valence-corrected chi connectivity index (χ2v) is 6.47. The first-order chi connectivity index (χ1) is 13.7. The maximum absolute atomic E-state index is 6.01. The fraction of sp³-hybridized carbons (Fsp3) is 0. The smallest absolute Gasteiger partial charge is 0.229 e. The number of nitrogens with zero attached hydrogens (tertiary/aromatic N) is 3. The van der Waals surface area contributed by atoms with Gasteiger partial charge in [0.2, 0.25) is 5.95 Å². The Bertz CT molecular complexity index is 1100. The van der Waals surface area contributed by atoms with E-state index in [0.29, 0.717) is 17.5 Å². The van der Waals surface area contributed by atoms with Crippen molar-refractivity contribution in [2.24, 2.45) is 5.90 Å². The lowest BCUT2D eigenvalue weighted by molar-refractivity contribution is -0.195. The number of benzene rings is 2. The average Bonchev–Trinajstić information content (AvgIpc) is 3.17. The minimum atomic E-state index is 0.404. The Morgan fingerprint density at radius 1 is 1.04 bits per heavy atom. The van der Waals surface area contributed by atoms with Crippen LogP contribution in [0, 0.1) is 0 Å². The van der Waals surface area contributed by atoms with E-state index in [9.17, 15) is 0 Å².